The minimum atomic E-state index is 0.397. The number of aromatic amines is 2. The Hall–Kier alpha value is -9.68. The first-order valence-corrected chi connectivity index (χ1v) is 23.7. The van der Waals surface area contributed by atoms with Crippen LogP contribution in [0.15, 0.2) is 194 Å². The smallest absolute Gasteiger partial charge is 0.164 e. The molecule has 11 aromatic rings. The molecule has 0 spiro atoms. The predicted octanol–water partition coefficient (Wildman–Crippen LogP) is 13.2. The van der Waals surface area contributed by atoms with Gasteiger partial charge in [0.05, 0.1) is 0 Å². The maximum atomic E-state index is 6.37. The molecule has 0 unspecified atom stereocenters. The highest BCUT2D eigenvalue weighted by Gasteiger charge is 2.24. The van der Waals surface area contributed by atoms with Crippen LogP contribution in [0.2, 0.25) is 0 Å². The minimum absolute atomic E-state index is 0.397. The van der Waals surface area contributed by atoms with Gasteiger partial charge in [0.1, 0.15) is 72.0 Å². The molecule has 0 radical (unpaired) electrons. The van der Waals surface area contributed by atoms with Crippen LogP contribution in [0.5, 0.6) is 23.0 Å². The number of benzene rings is 8. The molecule has 0 amide bonds. The van der Waals surface area contributed by atoms with Crippen molar-refractivity contribution in [1.29, 1.82) is 0 Å². The van der Waals surface area contributed by atoms with Gasteiger partial charge in [-0.25, -0.2) is 29.9 Å². The normalized spacial score (nSPS) is 11.6. The van der Waals surface area contributed by atoms with E-state index in [1.54, 1.807) is 0 Å². The number of aromatic nitrogens is 8. The summed E-state index contributed by atoms with van der Waals surface area (Å²) in [5, 5.41) is 3.21. The van der Waals surface area contributed by atoms with Gasteiger partial charge in [0, 0.05) is 43.8 Å². The summed E-state index contributed by atoms with van der Waals surface area (Å²) >= 11 is 0. The number of nitrogens with zero attached hydrogens (tertiary/aromatic N) is 6. The summed E-state index contributed by atoms with van der Waals surface area (Å²) in [6.07, 6.45) is 0. The predicted molar refractivity (Wildman–Crippen MR) is 279 cm³/mol. The second kappa shape index (κ2) is 18.3. The molecule has 8 aromatic carbocycles. The number of hydrogen-bond donors (Lipinski definition) is 2. The highest BCUT2D eigenvalue weighted by atomic mass is 16.5. The number of rotatable bonds is 12. The van der Waals surface area contributed by atoms with E-state index < -0.39 is 0 Å². The number of fused-ring (bicyclic) bond motifs is 20. The summed E-state index contributed by atoms with van der Waals surface area (Å²) in [5.41, 5.74) is 9.52. The Balaban J connectivity index is 1.02. The molecule has 8 bridgehead atoms. The fourth-order valence-corrected chi connectivity index (χ4v) is 9.03. The van der Waals surface area contributed by atoms with E-state index in [0.717, 1.165) is 66.1 Å². The van der Waals surface area contributed by atoms with E-state index in [4.69, 9.17) is 48.9 Å². The van der Waals surface area contributed by atoms with Gasteiger partial charge >= 0.3 is 0 Å². The third-order valence-electron chi connectivity index (χ3n) is 12.7. The van der Waals surface area contributed by atoms with Gasteiger partial charge in [-0.15, -0.1) is 0 Å². The first-order valence-electron chi connectivity index (χ1n) is 23.7. The molecule has 0 atom stereocenters. The SMILES string of the molecule is c1ccc(COc2ccc3c(c2)-c2nc-3nc3[nH]c(nc4nc(nc5[nH]c(n2)c2ccc(OCc6ccccc6)cc52)-c2ccc(OCc5ccccc5)cc2-4)c2ccc(OCc4ccccc4)cc32)cc1. The summed E-state index contributed by atoms with van der Waals surface area (Å²) in [5.74, 6) is 4.53. The lowest BCUT2D eigenvalue weighted by Gasteiger charge is -2.08. The summed E-state index contributed by atoms with van der Waals surface area (Å²) in [4.78, 5) is 38.6. The molecule has 0 saturated heterocycles. The molecule has 2 aliphatic rings. The molecule has 346 valence electrons. The standard InChI is InChI=1S/C60H42N8O4/c1-5-13-37(14-6-1)33-69-41-21-25-45-49(29-41)57-61-53(45)66-58-51-31-43(71-35-39-17-9-3-10-18-39)23-27-47(51)55(63-58)68-60-52-32-44(72-36-40-19-11-4-12-20-40)24-28-48(52)56(64-60)67-59-50-30-42(22-26-46(50)54(62-59)65-57)70-34-38-15-7-2-8-16-38/h1-32H,33-36H2,(H2,61,62,63,64,65,66,67,68). The van der Waals surface area contributed by atoms with Crippen molar-refractivity contribution in [2.45, 2.75) is 26.4 Å². The Morgan fingerprint density at radius 3 is 0.903 bits per heavy atom. The Morgan fingerprint density at radius 2 is 0.556 bits per heavy atom. The molecule has 13 rings (SSSR count). The largest absolute Gasteiger partial charge is 0.489 e. The van der Waals surface area contributed by atoms with Gasteiger partial charge in [0.25, 0.3) is 0 Å². The van der Waals surface area contributed by atoms with E-state index in [0.29, 0.717) is 95.3 Å². The number of ether oxygens (including phenoxy) is 4. The minimum Gasteiger partial charge on any atom is -0.489 e. The van der Waals surface area contributed by atoms with Crippen molar-refractivity contribution in [3.8, 4) is 68.5 Å². The van der Waals surface area contributed by atoms with Gasteiger partial charge < -0.3 is 28.9 Å². The third-order valence-corrected chi connectivity index (χ3v) is 12.7. The summed E-state index contributed by atoms with van der Waals surface area (Å²) in [6, 6.07) is 64.1. The summed E-state index contributed by atoms with van der Waals surface area (Å²) in [6.45, 7) is 1.59. The first-order chi connectivity index (χ1) is 35.6. The van der Waals surface area contributed by atoms with Crippen LogP contribution in [-0.4, -0.2) is 39.9 Å². The van der Waals surface area contributed by atoms with Crippen molar-refractivity contribution in [3.05, 3.63) is 216 Å². The Morgan fingerprint density at radius 1 is 0.264 bits per heavy atom. The van der Waals surface area contributed by atoms with E-state index in [1.165, 1.54) is 0 Å². The summed E-state index contributed by atoms with van der Waals surface area (Å²) < 4.78 is 25.5. The monoisotopic (exact) mass is 938 g/mol. The zero-order valence-corrected chi connectivity index (χ0v) is 38.6. The zero-order valence-electron chi connectivity index (χ0n) is 38.6. The van der Waals surface area contributed by atoms with Gasteiger partial charge in [-0.2, -0.15) is 0 Å². The van der Waals surface area contributed by atoms with Crippen LogP contribution in [0.25, 0.3) is 89.7 Å². The Bertz CT molecular complexity index is 3740. The molecule has 12 nitrogen and oxygen atoms in total. The lowest BCUT2D eigenvalue weighted by molar-refractivity contribution is 0.306. The van der Waals surface area contributed by atoms with Crippen molar-refractivity contribution >= 4 is 44.1 Å². The average Bonchev–Trinajstić information content (AvgIpc) is 4.16. The lowest BCUT2D eigenvalue weighted by Crippen LogP contribution is -1.95. The first kappa shape index (κ1) is 42.4. The van der Waals surface area contributed by atoms with Crippen LogP contribution in [0.4, 0.5) is 0 Å². The number of H-pyrrole nitrogens is 2. The second-order valence-electron chi connectivity index (χ2n) is 17.5. The Kier molecular flexibility index (Phi) is 10.8. The molecule has 0 fully saturated rings. The van der Waals surface area contributed by atoms with Crippen LogP contribution >= 0.6 is 0 Å². The molecule has 2 N–H and O–H groups in total. The topological polar surface area (TPSA) is 146 Å². The van der Waals surface area contributed by atoms with Crippen molar-refractivity contribution < 1.29 is 18.9 Å². The van der Waals surface area contributed by atoms with Gasteiger partial charge in [-0.3, -0.25) is 0 Å². The maximum absolute atomic E-state index is 6.37. The van der Waals surface area contributed by atoms with Crippen LogP contribution in [0.3, 0.4) is 0 Å². The second-order valence-corrected chi connectivity index (χ2v) is 17.5. The fourth-order valence-electron chi connectivity index (χ4n) is 9.03. The molecule has 72 heavy (non-hydrogen) atoms. The molecule has 12 heteroatoms. The molecule has 5 heterocycles. The van der Waals surface area contributed by atoms with Crippen LogP contribution in [0, 0.1) is 0 Å². The highest BCUT2D eigenvalue weighted by Crippen LogP contribution is 2.40. The Labute approximate surface area is 412 Å². The quantitative estimate of drug-likeness (QED) is 0.121. The number of hydrogen-bond acceptors (Lipinski definition) is 10. The summed E-state index contributed by atoms with van der Waals surface area (Å²) in [7, 11) is 0. The molecule has 0 saturated carbocycles. The van der Waals surface area contributed by atoms with Gasteiger partial charge in [0.2, 0.25) is 0 Å². The fraction of sp³-hybridized carbons (Fsp3) is 0.0667. The van der Waals surface area contributed by atoms with Gasteiger partial charge in [-0.05, 0) is 95.1 Å². The molecule has 0 aliphatic carbocycles. The molecular formula is C60H42N8O4. The van der Waals surface area contributed by atoms with E-state index in [9.17, 15) is 0 Å². The van der Waals surface area contributed by atoms with Crippen molar-refractivity contribution in [1.82, 2.24) is 39.9 Å². The van der Waals surface area contributed by atoms with E-state index in [-0.39, 0.29) is 0 Å². The van der Waals surface area contributed by atoms with Gasteiger partial charge in [0.15, 0.2) is 23.3 Å². The third kappa shape index (κ3) is 8.47. The molecular weight excluding hydrogens is 897 g/mol. The van der Waals surface area contributed by atoms with E-state index in [2.05, 4.69) is 9.97 Å². The van der Waals surface area contributed by atoms with Crippen molar-refractivity contribution in [3.63, 3.8) is 0 Å². The zero-order chi connectivity index (χ0) is 47.8. The van der Waals surface area contributed by atoms with Crippen molar-refractivity contribution in [2.24, 2.45) is 0 Å². The highest BCUT2D eigenvalue weighted by molar-refractivity contribution is 6.07. The number of nitrogens with one attached hydrogen (secondary N) is 2. The van der Waals surface area contributed by atoms with Crippen LogP contribution in [0.1, 0.15) is 22.3 Å². The van der Waals surface area contributed by atoms with Crippen LogP contribution < -0.4 is 18.9 Å². The van der Waals surface area contributed by atoms with Crippen molar-refractivity contribution in [2.75, 3.05) is 0 Å². The molecule has 2 aliphatic heterocycles. The van der Waals surface area contributed by atoms with E-state index >= 15 is 0 Å². The van der Waals surface area contributed by atoms with Gasteiger partial charge in [-0.1, -0.05) is 121 Å². The van der Waals surface area contributed by atoms with Crippen LogP contribution in [-0.2, 0) is 26.4 Å². The molecule has 3 aromatic heterocycles. The van der Waals surface area contributed by atoms with E-state index in [1.807, 2.05) is 194 Å². The lowest BCUT2D eigenvalue weighted by atomic mass is 10.1. The maximum Gasteiger partial charge on any atom is 0.164 e. The average molecular weight is 939 g/mol.